The summed E-state index contributed by atoms with van der Waals surface area (Å²) in [5.41, 5.74) is 2.18. The summed E-state index contributed by atoms with van der Waals surface area (Å²) < 4.78 is 23.5. The molecule has 122 valence electrons. The maximum absolute atomic E-state index is 12.9. The zero-order valence-electron chi connectivity index (χ0n) is 13.7. The first-order chi connectivity index (χ1) is 11.0. The Labute approximate surface area is 135 Å². The van der Waals surface area contributed by atoms with Crippen LogP contribution in [-0.4, -0.2) is 32.1 Å². The van der Waals surface area contributed by atoms with Crippen molar-refractivity contribution in [3.05, 3.63) is 58.9 Å². The second kappa shape index (κ2) is 7.13. The van der Waals surface area contributed by atoms with Crippen LogP contribution in [0.4, 0.5) is 4.39 Å². The number of nitrogens with zero attached hydrogens (tertiary/aromatic N) is 1. The Morgan fingerprint density at radius 2 is 1.61 bits per heavy atom. The second-order valence-electron chi connectivity index (χ2n) is 5.29. The van der Waals surface area contributed by atoms with Crippen molar-refractivity contribution in [2.24, 2.45) is 0 Å². The molecule has 1 amide bonds. The first kappa shape index (κ1) is 16.8. The first-order valence-electron chi connectivity index (χ1n) is 7.18. The predicted octanol–water partition coefficient (Wildman–Crippen LogP) is 3.42. The molecule has 0 bridgehead atoms. The highest BCUT2D eigenvalue weighted by atomic mass is 19.1. The highest BCUT2D eigenvalue weighted by Gasteiger charge is 2.17. The predicted molar refractivity (Wildman–Crippen MR) is 86.5 cm³/mol. The van der Waals surface area contributed by atoms with Crippen LogP contribution in [0.2, 0.25) is 0 Å². The lowest BCUT2D eigenvalue weighted by Crippen LogP contribution is -2.26. The lowest BCUT2D eigenvalue weighted by atomic mass is 10.1. The normalized spacial score (nSPS) is 10.3. The molecule has 5 heteroatoms. The van der Waals surface area contributed by atoms with E-state index < -0.39 is 0 Å². The summed E-state index contributed by atoms with van der Waals surface area (Å²) in [6, 6.07) is 9.48. The van der Waals surface area contributed by atoms with Crippen molar-refractivity contribution in [1.29, 1.82) is 0 Å². The summed E-state index contributed by atoms with van der Waals surface area (Å²) in [7, 11) is 4.81. The Balaban J connectivity index is 2.23. The molecule has 0 N–H and O–H groups in total. The molecule has 0 saturated carbocycles. The zero-order valence-corrected chi connectivity index (χ0v) is 13.7. The SMILES string of the molecule is COc1cc(C(=O)N(C)Cc2ccc(F)cc2)cc(OC)c1C. The molecule has 2 rings (SSSR count). The number of methoxy groups -OCH3 is 2. The molecule has 0 heterocycles. The van der Waals surface area contributed by atoms with E-state index in [-0.39, 0.29) is 11.7 Å². The quantitative estimate of drug-likeness (QED) is 0.848. The maximum Gasteiger partial charge on any atom is 0.254 e. The Kier molecular flexibility index (Phi) is 5.21. The first-order valence-corrected chi connectivity index (χ1v) is 7.18. The van der Waals surface area contributed by atoms with Gasteiger partial charge >= 0.3 is 0 Å². The summed E-state index contributed by atoms with van der Waals surface area (Å²) in [5, 5.41) is 0. The molecular weight excluding hydrogens is 297 g/mol. The van der Waals surface area contributed by atoms with E-state index in [1.807, 2.05) is 6.92 Å². The molecule has 0 unspecified atom stereocenters. The van der Waals surface area contributed by atoms with Crippen LogP contribution in [0.5, 0.6) is 11.5 Å². The van der Waals surface area contributed by atoms with Crippen molar-refractivity contribution in [3.63, 3.8) is 0 Å². The van der Waals surface area contributed by atoms with Gasteiger partial charge in [-0.3, -0.25) is 4.79 Å². The summed E-state index contributed by atoms with van der Waals surface area (Å²) in [4.78, 5) is 14.2. The highest BCUT2D eigenvalue weighted by Crippen LogP contribution is 2.30. The minimum absolute atomic E-state index is 0.161. The molecular formula is C18H20FNO3. The van der Waals surface area contributed by atoms with Crippen LogP contribution in [0.3, 0.4) is 0 Å². The average Bonchev–Trinajstić information content (AvgIpc) is 2.56. The highest BCUT2D eigenvalue weighted by molar-refractivity contribution is 5.95. The van der Waals surface area contributed by atoms with Crippen LogP contribution in [0.1, 0.15) is 21.5 Å². The van der Waals surface area contributed by atoms with Crippen molar-refractivity contribution in [2.75, 3.05) is 21.3 Å². The van der Waals surface area contributed by atoms with Crippen LogP contribution < -0.4 is 9.47 Å². The van der Waals surface area contributed by atoms with Gasteiger partial charge in [-0.05, 0) is 36.8 Å². The van der Waals surface area contributed by atoms with Crippen LogP contribution in [0, 0.1) is 12.7 Å². The second-order valence-corrected chi connectivity index (χ2v) is 5.29. The van der Waals surface area contributed by atoms with E-state index in [1.54, 1.807) is 50.4 Å². The number of carbonyl (C=O) groups is 1. The van der Waals surface area contributed by atoms with Gasteiger partial charge in [-0.2, -0.15) is 0 Å². The summed E-state index contributed by atoms with van der Waals surface area (Å²) in [6.07, 6.45) is 0. The van der Waals surface area contributed by atoms with Gasteiger partial charge in [0.15, 0.2) is 0 Å². The number of rotatable bonds is 5. The molecule has 2 aromatic rings. The Hall–Kier alpha value is -2.56. The van der Waals surface area contributed by atoms with Crippen molar-refractivity contribution >= 4 is 5.91 Å². The largest absolute Gasteiger partial charge is 0.496 e. The molecule has 2 aromatic carbocycles. The van der Waals surface area contributed by atoms with E-state index in [0.717, 1.165) is 11.1 Å². The van der Waals surface area contributed by atoms with E-state index in [9.17, 15) is 9.18 Å². The van der Waals surface area contributed by atoms with Gasteiger partial charge in [-0.25, -0.2) is 4.39 Å². The standard InChI is InChI=1S/C18H20FNO3/c1-12-16(22-3)9-14(10-17(12)23-4)18(21)20(2)11-13-5-7-15(19)8-6-13/h5-10H,11H2,1-4H3. The Morgan fingerprint density at radius 1 is 1.09 bits per heavy atom. The molecule has 0 aromatic heterocycles. The molecule has 0 aliphatic rings. The van der Waals surface area contributed by atoms with Gasteiger partial charge in [-0.1, -0.05) is 12.1 Å². The summed E-state index contributed by atoms with van der Waals surface area (Å²) >= 11 is 0. The number of carbonyl (C=O) groups excluding carboxylic acids is 1. The molecule has 23 heavy (non-hydrogen) atoms. The fraction of sp³-hybridized carbons (Fsp3) is 0.278. The molecule has 4 nitrogen and oxygen atoms in total. The van der Waals surface area contributed by atoms with Crippen LogP contribution in [-0.2, 0) is 6.54 Å². The number of hydrogen-bond donors (Lipinski definition) is 0. The molecule has 0 aliphatic carbocycles. The van der Waals surface area contributed by atoms with Crippen LogP contribution in [0.15, 0.2) is 36.4 Å². The fourth-order valence-electron chi connectivity index (χ4n) is 2.37. The van der Waals surface area contributed by atoms with Crippen LogP contribution >= 0.6 is 0 Å². The van der Waals surface area contributed by atoms with Gasteiger partial charge in [0, 0.05) is 24.7 Å². The van der Waals surface area contributed by atoms with Gasteiger partial charge in [-0.15, -0.1) is 0 Å². The van der Waals surface area contributed by atoms with Gasteiger partial charge < -0.3 is 14.4 Å². The molecule has 0 spiro atoms. The summed E-state index contributed by atoms with van der Waals surface area (Å²) in [6.45, 7) is 2.26. The van der Waals surface area contributed by atoms with Crippen molar-refractivity contribution in [2.45, 2.75) is 13.5 Å². The molecule has 0 aliphatic heterocycles. The van der Waals surface area contributed by atoms with E-state index in [2.05, 4.69) is 0 Å². The third-order valence-corrected chi connectivity index (χ3v) is 3.68. The third-order valence-electron chi connectivity index (χ3n) is 3.68. The smallest absolute Gasteiger partial charge is 0.254 e. The van der Waals surface area contributed by atoms with Crippen molar-refractivity contribution in [3.8, 4) is 11.5 Å². The summed E-state index contributed by atoms with van der Waals surface area (Å²) in [5.74, 6) is 0.743. The van der Waals surface area contributed by atoms with Crippen molar-refractivity contribution in [1.82, 2.24) is 4.90 Å². The van der Waals surface area contributed by atoms with Crippen LogP contribution in [0.25, 0.3) is 0 Å². The molecule has 0 atom stereocenters. The minimum atomic E-state index is -0.296. The minimum Gasteiger partial charge on any atom is -0.496 e. The van der Waals surface area contributed by atoms with E-state index in [1.165, 1.54) is 12.1 Å². The van der Waals surface area contributed by atoms with E-state index in [4.69, 9.17) is 9.47 Å². The van der Waals surface area contributed by atoms with Gasteiger partial charge in [0.05, 0.1) is 14.2 Å². The van der Waals surface area contributed by atoms with E-state index >= 15 is 0 Å². The molecule has 0 radical (unpaired) electrons. The van der Waals surface area contributed by atoms with Crippen molar-refractivity contribution < 1.29 is 18.7 Å². The monoisotopic (exact) mass is 317 g/mol. The Bertz CT molecular complexity index is 673. The number of amides is 1. The Morgan fingerprint density at radius 3 is 2.09 bits per heavy atom. The van der Waals surface area contributed by atoms with Gasteiger partial charge in [0.1, 0.15) is 17.3 Å². The third kappa shape index (κ3) is 3.80. The maximum atomic E-state index is 12.9. The average molecular weight is 317 g/mol. The lowest BCUT2D eigenvalue weighted by molar-refractivity contribution is 0.0784. The lowest BCUT2D eigenvalue weighted by Gasteiger charge is -2.19. The topological polar surface area (TPSA) is 38.8 Å². The zero-order chi connectivity index (χ0) is 17.0. The van der Waals surface area contributed by atoms with Gasteiger partial charge in [0.25, 0.3) is 5.91 Å². The molecule has 0 fully saturated rings. The number of halogens is 1. The van der Waals surface area contributed by atoms with E-state index in [0.29, 0.717) is 23.6 Å². The number of ether oxygens (including phenoxy) is 2. The number of benzene rings is 2. The molecule has 0 saturated heterocycles. The fourth-order valence-corrected chi connectivity index (χ4v) is 2.37. The van der Waals surface area contributed by atoms with Gasteiger partial charge in [0.2, 0.25) is 0 Å². The number of hydrogen-bond acceptors (Lipinski definition) is 3.